The SMILES string of the molecule is C[C@@](O)(CS(=O)(=O)C1CCCCC1)C(=O)Nc1ccc(C(F)(F)F)cc1. The zero-order chi connectivity index (χ0) is 19.6. The molecule has 0 aliphatic heterocycles. The molecule has 1 saturated carbocycles. The minimum absolute atomic E-state index is 0.0401. The lowest BCUT2D eigenvalue weighted by molar-refractivity contribution is -0.137. The van der Waals surface area contributed by atoms with Crippen molar-refractivity contribution in [2.75, 3.05) is 11.1 Å². The van der Waals surface area contributed by atoms with Gasteiger partial charge in [0.05, 0.1) is 16.6 Å². The van der Waals surface area contributed by atoms with Crippen LogP contribution >= 0.6 is 0 Å². The second kappa shape index (κ2) is 7.56. The van der Waals surface area contributed by atoms with Gasteiger partial charge in [0.15, 0.2) is 15.4 Å². The monoisotopic (exact) mass is 393 g/mol. The fourth-order valence-corrected chi connectivity index (χ4v) is 5.21. The molecule has 0 heterocycles. The van der Waals surface area contributed by atoms with Crippen LogP contribution in [0.3, 0.4) is 0 Å². The van der Waals surface area contributed by atoms with Gasteiger partial charge in [-0.1, -0.05) is 19.3 Å². The van der Waals surface area contributed by atoms with Crippen LogP contribution in [0.15, 0.2) is 24.3 Å². The first-order valence-electron chi connectivity index (χ1n) is 8.34. The average Bonchev–Trinajstić information content (AvgIpc) is 2.54. The highest BCUT2D eigenvalue weighted by Crippen LogP contribution is 2.30. The Hall–Kier alpha value is -1.61. The highest BCUT2D eigenvalue weighted by atomic mass is 32.2. The van der Waals surface area contributed by atoms with Crippen molar-refractivity contribution in [3.63, 3.8) is 0 Å². The number of carbonyl (C=O) groups excluding carboxylic acids is 1. The molecule has 0 spiro atoms. The van der Waals surface area contributed by atoms with E-state index in [1.807, 2.05) is 0 Å². The Bertz CT molecular complexity index is 736. The Morgan fingerprint density at radius 2 is 1.69 bits per heavy atom. The number of carbonyl (C=O) groups is 1. The van der Waals surface area contributed by atoms with Crippen LogP contribution in [0.1, 0.15) is 44.6 Å². The summed E-state index contributed by atoms with van der Waals surface area (Å²) in [6, 6.07) is 3.69. The molecule has 2 N–H and O–H groups in total. The fraction of sp³-hybridized carbons (Fsp3) is 0.588. The molecule has 1 atom stereocenters. The molecule has 26 heavy (non-hydrogen) atoms. The van der Waals surface area contributed by atoms with Crippen molar-refractivity contribution in [1.29, 1.82) is 0 Å². The largest absolute Gasteiger partial charge is 0.416 e. The van der Waals surface area contributed by atoms with E-state index in [0.717, 1.165) is 50.5 Å². The summed E-state index contributed by atoms with van der Waals surface area (Å²) in [5, 5.41) is 12.0. The van der Waals surface area contributed by atoms with E-state index in [2.05, 4.69) is 5.32 Å². The van der Waals surface area contributed by atoms with Gasteiger partial charge >= 0.3 is 6.18 Å². The summed E-state index contributed by atoms with van der Waals surface area (Å²) in [7, 11) is -3.66. The molecule has 0 aromatic heterocycles. The molecule has 1 aromatic carbocycles. The maximum Gasteiger partial charge on any atom is 0.416 e. The van der Waals surface area contributed by atoms with Gasteiger partial charge in [0.25, 0.3) is 5.91 Å². The van der Waals surface area contributed by atoms with E-state index < -0.39 is 44.1 Å². The third kappa shape index (κ3) is 5.20. The summed E-state index contributed by atoms with van der Waals surface area (Å²) >= 11 is 0. The molecule has 146 valence electrons. The molecular weight excluding hydrogens is 371 g/mol. The minimum atomic E-state index is -4.50. The summed E-state index contributed by atoms with van der Waals surface area (Å²) in [6.07, 6.45) is -0.912. The first-order chi connectivity index (χ1) is 11.9. The second-order valence-electron chi connectivity index (χ2n) is 6.87. The van der Waals surface area contributed by atoms with E-state index in [4.69, 9.17) is 0 Å². The zero-order valence-electron chi connectivity index (χ0n) is 14.3. The first-order valence-corrected chi connectivity index (χ1v) is 10.1. The van der Waals surface area contributed by atoms with E-state index in [1.54, 1.807) is 0 Å². The molecule has 0 radical (unpaired) electrons. The van der Waals surface area contributed by atoms with Crippen molar-refractivity contribution in [2.24, 2.45) is 0 Å². The summed E-state index contributed by atoms with van der Waals surface area (Å²) in [6.45, 7) is 1.09. The number of rotatable bonds is 5. The van der Waals surface area contributed by atoms with Crippen molar-refractivity contribution in [3.05, 3.63) is 29.8 Å². The van der Waals surface area contributed by atoms with Crippen LogP contribution in [0.4, 0.5) is 18.9 Å². The van der Waals surface area contributed by atoms with Crippen LogP contribution in [0.2, 0.25) is 0 Å². The van der Waals surface area contributed by atoms with E-state index in [0.29, 0.717) is 12.8 Å². The van der Waals surface area contributed by atoms with Crippen LogP contribution in [-0.4, -0.2) is 36.0 Å². The number of hydrogen-bond donors (Lipinski definition) is 2. The number of benzene rings is 1. The van der Waals surface area contributed by atoms with Gasteiger partial charge in [0.1, 0.15) is 0 Å². The molecule has 1 amide bonds. The predicted octanol–water partition coefficient (Wildman–Crippen LogP) is 3.14. The molecule has 9 heteroatoms. The molecule has 1 fully saturated rings. The predicted molar refractivity (Wildman–Crippen MR) is 91.4 cm³/mol. The Morgan fingerprint density at radius 1 is 1.15 bits per heavy atom. The van der Waals surface area contributed by atoms with Gasteiger partial charge in [-0.05, 0) is 44.0 Å². The lowest BCUT2D eigenvalue weighted by Gasteiger charge is -2.27. The summed E-state index contributed by atoms with van der Waals surface area (Å²) < 4.78 is 62.5. The number of amides is 1. The van der Waals surface area contributed by atoms with Gasteiger partial charge in [-0.3, -0.25) is 4.79 Å². The maximum atomic E-state index is 12.5. The third-order valence-corrected chi connectivity index (χ3v) is 6.95. The lowest BCUT2D eigenvalue weighted by atomic mass is 10.0. The number of aliphatic hydroxyl groups is 1. The van der Waals surface area contributed by atoms with Crippen molar-refractivity contribution in [3.8, 4) is 0 Å². The van der Waals surface area contributed by atoms with Gasteiger partial charge in [0.2, 0.25) is 0 Å². The number of halogens is 3. The standard InChI is InChI=1S/C17H22F3NO4S/c1-16(23,11-26(24,25)14-5-3-2-4-6-14)15(22)21-13-9-7-12(8-10-13)17(18,19)20/h7-10,14,23H,2-6,11H2,1H3,(H,21,22)/t16-/m1/s1. The molecule has 1 aliphatic rings. The number of sulfone groups is 1. The zero-order valence-corrected chi connectivity index (χ0v) is 15.2. The Balaban J connectivity index is 2.05. The van der Waals surface area contributed by atoms with E-state index in [9.17, 15) is 31.5 Å². The smallest absolute Gasteiger partial charge is 0.379 e. The van der Waals surface area contributed by atoms with Gasteiger partial charge in [-0.15, -0.1) is 0 Å². The second-order valence-corrected chi connectivity index (χ2v) is 9.15. The van der Waals surface area contributed by atoms with E-state index in [-0.39, 0.29) is 5.69 Å². The molecule has 0 saturated heterocycles. The molecule has 2 rings (SSSR count). The number of alkyl halides is 3. The number of anilines is 1. The van der Waals surface area contributed by atoms with Crippen molar-refractivity contribution >= 4 is 21.4 Å². The quantitative estimate of drug-likeness (QED) is 0.805. The fourth-order valence-electron chi connectivity index (χ4n) is 3.01. The van der Waals surface area contributed by atoms with Crippen molar-refractivity contribution in [2.45, 2.75) is 56.1 Å². The summed E-state index contributed by atoms with van der Waals surface area (Å²) in [5.41, 5.74) is -3.01. The highest BCUT2D eigenvalue weighted by molar-refractivity contribution is 7.92. The van der Waals surface area contributed by atoms with Gasteiger partial charge in [-0.2, -0.15) is 13.2 Å². The molecule has 1 aromatic rings. The lowest BCUT2D eigenvalue weighted by Crippen LogP contribution is -2.47. The molecule has 0 unspecified atom stereocenters. The number of hydrogen-bond acceptors (Lipinski definition) is 4. The van der Waals surface area contributed by atoms with Crippen molar-refractivity contribution < 1.29 is 31.5 Å². The molecule has 5 nitrogen and oxygen atoms in total. The van der Waals surface area contributed by atoms with Gasteiger partial charge < -0.3 is 10.4 Å². The Morgan fingerprint density at radius 3 is 2.19 bits per heavy atom. The van der Waals surface area contributed by atoms with Gasteiger partial charge in [-0.25, -0.2) is 8.42 Å². The normalized spacial score (nSPS) is 19.0. The third-order valence-electron chi connectivity index (χ3n) is 4.50. The van der Waals surface area contributed by atoms with Crippen LogP contribution in [0.25, 0.3) is 0 Å². The summed E-state index contributed by atoms with van der Waals surface area (Å²) in [4.78, 5) is 12.2. The Labute approximate surface area is 150 Å². The number of nitrogens with one attached hydrogen (secondary N) is 1. The van der Waals surface area contributed by atoms with E-state index in [1.165, 1.54) is 0 Å². The maximum absolute atomic E-state index is 12.5. The minimum Gasteiger partial charge on any atom is -0.379 e. The van der Waals surface area contributed by atoms with Crippen LogP contribution in [0.5, 0.6) is 0 Å². The topological polar surface area (TPSA) is 83.5 Å². The van der Waals surface area contributed by atoms with Crippen LogP contribution < -0.4 is 5.32 Å². The van der Waals surface area contributed by atoms with Crippen LogP contribution in [-0.2, 0) is 20.8 Å². The van der Waals surface area contributed by atoms with E-state index >= 15 is 0 Å². The van der Waals surface area contributed by atoms with Crippen molar-refractivity contribution in [1.82, 2.24) is 0 Å². The molecular formula is C17H22F3NO4S. The van der Waals surface area contributed by atoms with Crippen LogP contribution in [0, 0.1) is 0 Å². The van der Waals surface area contributed by atoms with Gasteiger partial charge in [0, 0.05) is 5.69 Å². The Kier molecular flexibility index (Phi) is 6.02. The average molecular weight is 393 g/mol. The molecule has 0 bridgehead atoms. The first kappa shape index (κ1) is 20.7. The molecule has 1 aliphatic carbocycles. The summed E-state index contributed by atoms with van der Waals surface area (Å²) in [5.74, 6) is -1.70. The highest BCUT2D eigenvalue weighted by Gasteiger charge is 2.39.